The Hall–Kier alpha value is -3.14. The molecule has 0 aliphatic heterocycles. The minimum atomic E-state index is -0.890. The molecule has 3 aromatic carbocycles. The van der Waals surface area contributed by atoms with E-state index in [0.29, 0.717) is 11.3 Å². The summed E-state index contributed by atoms with van der Waals surface area (Å²) in [5.41, 5.74) is 1.95. The quantitative estimate of drug-likeness (QED) is 0.723. The van der Waals surface area contributed by atoms with Crippen LogP contribution in [0.4, 0.5) is 5.69 Å². The van der Waals surface area contributed by atoms with Gasteiger partial charge in [0.15, 0.2) is 6.10 Å². The lowest BCUT2D eigenvalue weighted by atomic mass is 10.1. The van der Waals surface area contributed by atoms with E-state index in [-0.39, 0.29) is 5.91 Å². The Bertz CT molecular complexity index is 933. The van der Waals surface area contributed by atoms with E-state index in [2.05, 4.69) is 5.32 Å². The summed E-state index contributed by atoms with van der Waals surface area (Å²) < 4.78 is 5.29. The molecule has 3 aromatic rings. The summed E-state index contributed by atoms with van der Waals surface area (Å²) in [4.78, 5) is 24.5. The van der Waals surface area contributed by atoms with E-state index in [0.717, 1.165) is 16.3 Å². The van der Waals surface area contributed by atoms with Gasteiger partial charge in [-0.15, -0.1) is 0 Å². The predicted molar refractivity (Wildman–Crippen MR) is 98.6 cm³/mol. The maximum Gasteiger partial charge on any atom is 0.339 e. The van der Waals surface area contributed by atoms with Crippen LogP contribution in [0, 0.1) is 6.92 Å². The number of esters is 1. The molecular formula is C21H19NO3. The summed E-state index contributed by atoms with van der Waals surface area (Å²) in [6.07, 6.45) is -0.890. The van der Waals surface area contributed by atoms with E-state index in [1.54, 1.807) is 19.1 Å². The van der Waals surface area contributed by atoms with E-state index in [4.69, 9.17) is 4.74 Å². The second kappa shape index (κ2) is 7.18. The van der Waals surface area contributed by atoms with Crippen molar-refractivity contribution in [3.8, 4) is 0 Å². The third-order valence-electron chi connectivity index (χ3n) is 4.04. The van der Waals surface area contributed by atoms with Gasteiger partial charge in [0.05, 0.1) is 5.56 Å². The number of hydrogen-bond acceptors (Lipinski definition) is 3. The molecule has 4 heteroatoms. The largest absolute Gasteiger partial charge is 0.449 e. The number of carbonyl (C=O) groups excluding carboxylic acids is 2. The summed E-state index contributed by atoms with van der Waals surface area (Å²) in [5.74, 6) is -0.864. The molecule has 0 heterocycles. The average molecular weight is 333 g/mol. The summed E-state index contributed by atoms with van der Waals surface area (Å²) in [5, 5.41) is 4.92. The molecular weight excluding hydrogens is 314 g/mol. The van der Waals surface area contributed by atoms with Crippen LogP contribution in [0.1, 0.15) is 22.8 Å². The lowest BCUT2D eigenvalue weighted by Gasteiger charge is -2.14. The number of amides is 1. The highest BCUT2D eigenvalue weighted by molar-refractivity contribution is 5.99. The van der Waals surface area contributed by atoms with Crippen LogP contribution in [-0.4, -0.2) is 18.0 Å². The maximum atomic E-state index is 12.3. The standard InChI is InChI=1S/C21H19NO3/c1-14-7-3-6-10-19(14)21(24)25-15(2)20(23)22-18-12-11-16-8-4-5-9-17(16)13-18/h3-13,15H,1-2H3,(H,22,23)/t15-/m0/s1. The zero-order valence-corrected chi connectivity index (χ0v) is 14.2. The highest BCUT2D eigenvalue weighted by Crippen LogP contribution is 2.19. The third kappa shape index (κ3) is 3.86. The summed E-state index contributed by atoms with van der Waals surface area (Å²) in [6, 6.07) is 20.7. The number of rotatable bonds is 4. The van der Waals surface area contributed by atoms with Gasteiger partial charge in [0.2, 0.25) is 0 Å². The molecule has 4 nitrogen and oxygen atoms in total. The van der Waals surface area contributed by atoms with Crippen molar-refractivity contribution in [1.29, 1.82) is 0 Å². The first-order valence-corrected chi connectivity index (χ1v) is 8.11. The van der Waals surface area contributed by atoms with Gasteiger partial charge in [-0.1, -0.05) is 48.5 Å². The predicted octanol–water partition coefficient (Wildman–Crippen LogP) is 4.33. The summed E-state index contributed by atoms with van der Waals surface area (Å²) in [6.45, 7) is 3.39. The first kappa shape index (κ1) is 16.7. The first-order chi connectivity index (χ1) is 12.0. The van der Waals surface area contributed by atoms with Crippen molar-refractivity contribution >= 4 is 28.3 Å². The van der Waals surface area contributed by atoms with Gasteiger partial charge in [-0.25, -0.2) is 4.79 Å². The molecule has 0 saturated carbocycles. The van der Waals surface area contributed by atoms with Crippen LogP contribution in [-0.2, 0) is 9.53 Å². The molecule has 1 amide bonds. The van der Waals surface area contributed by atoms with Crippen molar-refractivity contribution in [2.45, 2.75) is 20.0 Å². The first-order valence-electron chi connectivity index (χ1n) is 8.11. The Morgan fingerprint density at radius 1 is 0.920 bits per heavy atom. The molecule has 0 unspecified atom stereocenters. The summed E-state index contributed by atoms with van der Waals surface area (Å²) >= 11 is 0. The van der Waals surface area contributed by atoms with Crippen LogP contribution in [0.15, 0.2) is 66.7 Å². The van der Waals surface area contributed by atoms with E-state index in [1.807, 2.05) is 61.5 Å². The van der Waals surface area contributed by atoms with Crippen molar-refractivity contribution in [2.24, 2.45) is 0 Å². The highest BCUT2D eigenvalue weighted by atomic mass is 16.5. The van der Waals surface area contributed by atoms with Gasteiger partial charge < -0.3 is 10.1 Å². The number of aryl methyl sites for hydroxylation is 1. The molecule has 0 aliphatic rings. The molecule has 1 N–H and O–H groups in total. The number of carbonyl (C=O) groups is 2. The molecule has 1 atom stereocenters. The Labute approximate surface area is 146 Å². The lowest BCUT2D eigenvalue weighted by Crippen LogP contribution is -2.30. The van der Waals surface area contributed by atoms with Crippen molar-refractivity contribution in [3.63, 3.8) is 0 Å². The fourth-order valence-electron chi connectivity index (χ4n) is 2.59. The van der Waals surface area contributed by atoms with Crippen molar-refractivity contribution in [2.75, 3.05) is 5.32 Å². The highest BCUT2D eigenvalue weighted by Gasteiger charge is 2.20. The third-order valence-corrected chi connectivity index (χ3v) is 4.04. The molecule has 0 saturated heterocycles. The molecule has 25 heavy (non-hydrogen) atoms. The van der Waals surface area contributed by atoms with Gasteiger partial charge in [0.25, 0.3) is 5.91 Å². The van der Waals surface area contributed by atoms with Crippen LogP contribution < -0.4 is 5.32 Å². The van der Waals surface area contributed by atoms with Gasteiger partial charge in [0, 0.05) is 5.69 Å². The minimum absolute atomic E-state index is 0.364. The molecule has 0 fully saturated rings. The number of hydrogen-bond donors (Lipinski definition) is 1. The van der Waals surface area contributed by atoms with Crippen molar-refractivity contribution in [3.05, 3.63) is 77.9 Å². The smallest absolute Gasteiger partial charge is 0.339 e. The topological polar surface area (TPSA) is 55.4 Å². The normalized spacial score (nSPS) is 11.8. The molecule has 126 valence electrons. The Kier molecular flexibility index (Phi) is 4.80. The van der Waals surface area contributed by atoms with E-state index < -0.39 is 12.1 Å². The molecule has 0 aliphatic carbocycles. The van der Waals surface area contributed by atoms with Crippen LogP contribution in [0.3, 0.4) is 0 Å². The second-order valence-electron chi connectivity index (χ2n) is 5.91. The number of nitrogens with one attached hydrogen (secondary N) is 1. The van der Waals surface area contributed by atoms with E-state index in [1.165, 1.54) is 0 Å². The number of ether oxygens (including phenoxy) is 1. The zero-order valence-electron chi connectivity index (χ0n) is 14.2. The van der Waals surface area contributed by atoms with Crippen LogP contribution >= 0.6 is 0 Å². The fraction of sp³-hybridized carbons (Fsp3) is 0.143. The van der Waals surface area contributed by atoms with Gasteiger partial charge in [-0.2, -0.15) is 0 Å². The number of anilines is 1. The van der Waals surface area contributed by atoms with Gasteiger partial charge in [0.1, 0.15) is 0 Å². The average Bonchev–Trinajstić information content (AvgIpc) is 2.61. The second-order valence-corrected chi connectivity index (χ2v) is 5.91. The van der Waals surface area contributed by atoms with E-state index >= 15 is 0 Å². The SMILES string of the molecule is Cc1ccccc1C(=O)O[C@@H](C)C(=O)Nc1ccc2ccccc2c1. The fourth-order valence-corrected chi connectivity index (χ4v) is 2.59. The van der Waals surface area contributed by atoms with Crippen molar-refractivity contribution in [1.82, 2.24) is 0 Å². The Morgan fingerprint density at radius 3 is 2.36 bits per heavy atom. The monoisotopic (exact) mass is 333 g/mol. The molecule has 0 radical (unpaired) electrons. The molecule has 0 bridgehead atoms. The maximum absolute atomic E-state index is 12.3. The molecule has 0 spiro atoms. The van der Waals surface area contributed by atoms with Crippen molar-refractivity contribution < 1.29 is 14.3 Å². The Morgan fingerprint density at radius 2 is 1.60 bits per heavy atom. The zero-order chi connectivity index (χ0) is 17.8. The lowest BCUT2D eigenvalue weighted by molar-refractivity contribution is -0.123. The molecule has 3 rings (SSSR count). The number of benzene rings is 3. The minimum Gasteiger partial charge on any atom is -0.449 e. The Balaban J connectivity index is 1.67. The van der Waals surface area contributed by atoms with Crippen LogP contribution in [0.5, 0.6) is 0 Å². The van der Waals surface area contributed by atoms with E-state index in [9.17, 15) is 9.59 Å². The van der Waals surface area contributed by atoms with Gasteiger partial charge in [-0.3, -0.25) is 4.79 Å². The van der Waals surface area contributed by atoms with Gasteiger partial charge >= 0.3 is 5.97 Å². The molecule has 0 aromatic heterocycles. The van der Waals surface area contributed by atoms with Crippen LogP contribution in [0.2, 0.25) is 0 Å². The summed E-state index contributed by atoms with van der Waals surface area (Å²) in [7, 11) is 0. The number of fused-ring (bicyclic) bond motifs is 1. The van der Waals surface area contributed by atoms with Crippen LogP contribution in [0.25, 0.3) is 10.8 Å². The van der Waals surface area contributed by atoms with Gasteiger partial charge in [-0.05, 0) is 48.4 Å².